The van der Waals surface area contributed by atoms with Gasteiger partial charge in [-0.3, -0.25) is 9.59 Å². The monoisotopic (exact) mass is 1180 g/mol. The Balaban J connectivity index is 0.000000248. The van der Waals surface area contributed by atoms with Crippen molar-refractivity contribution in [3.05, 3.63) is 82.3 Å². The van der Waals surface area contributed by atoms with Gasteiger partial charge in [0.05, 0.1) is 35.2 Å². The van der Waals surface area contributed by atoms with Gasteiger partial charge in [-0.1, -0.05) is 64.7 Å². The van der Waals surface area contributed by atoms with E-state index in [2.05, 4.69) is 4.98 Å². The van der Waals surface area contributed by atoms with E-state index in [4.69, 9.17) is 42.6 Å². The van der Waals surface area contributed by atoms with E-state index in [0.717, 1.165) is 34.0 Å². The molecule has 0 aliphatic carbocycles. The Morgan fingerprint density at radius 2 is 1.09 bits per heavy atom. The van der Waals surface area contributed by atoms with Gasteiger partial charge in [0.2, 0.25) is 5.91 Å². The van der Waals surface area contributed by atoms with E-state index >= 15 is 0 Å². The van der Waals surface area contributed by atoms with Crippen LogP contribution in [-0.2, 0) is 42.7 Å². The SMILES string of the molecule is CC(C)(C)OC(=O)N1CCC(c2nc(-c3cc(SC(F)(F)F)cc(C(C)(C)C)c3)c(Cl)s2)CC1.CCOC(=O)Cc1csc(CC(=O)N2CCC(c3nc(-c4cc(SC(F)(F)F)cc(C(C)(C)C)c4)c(Cl)s3)CC2)n1. The van der Waals surface area contributed by atoms with Crippen LogP contribution in [0.1, 0.15) is 139 Å². The minimum absolute atomic E-state index is 0.0213. The maximum Gasteiger partial charge on any atom is 0.446 e. The minimum atomic E-state index is -4.40. The van der Waals surface area contributed by atoms with Crippen LogP contribution in [0.25, 0.3) is 22.5 Å². The molecule has 2 aliphatic heterocycles. The summed E-state index contributed by atoms with van der Waals surface area (Å²) in [5, 5.41) is 4.10. The maximum absolute atomic E-state index is 13.2. The number of alkyl halides is 6. The lowest BCUT2D eigenvalue weighted by Gasteiger charge is -2.32. The van der Waals surface area contributed by atoms with E-state index in [1.165, 1.54) is 46.1 Å². The molecule has 7 rings (SSSR count). The topological polar surface area (TPSA) is 115 Å². The first-order valence-electron chi connectivity index (χ1n) is 24.2. The normalized spacial score (nSPS) is 15.4. The van der Waals surface area contributed by atoms with Crippen molar-refractivity contribution >= 4 is 98.7 Å². The van der Waals surface area contributed by atoms with Gasteiger partial charge >= 0.3 is 23.1 Å². The lowest BCUT2D eigenvalue weighted by atomic mass is 9.86. The largest absolute Gasteiger partial charge is 0.466 e. The lowest BCUT2D eigenvalue weighted by molar-refractivity contribution is -0.142. The molecule has 2 fully saturated rings. The molecule has 2 saturated heterocycles. The first kappa shape index (κ1) is 60.6. The summed E-state index contributed by atoms with van der Waals surface area (Å²) in [5.74, 6) is -0.135. The predicted octanol–water partition coefficient (Wildman–Crippen LogP) is 16.4. The van der Waals surface area contributed by atoms with Gasteiger partial charge in [-0.2, -0.15) is 26.3 Å². The average Bonchev–Trinajstić information content (AvgIpc) is 4.02. The van der Waals surface area contributed by atoms with E-state index in [1.54, 1.807) is 29.3 Å². The van der Waals surface area contributed by atoms with Gasteiger partial charge in [0.15, 0.2) is 0 Å². The van der Waals surface area contributed by atoms with E-state index < -0.39 is 16.6 Å². The minimum Gasteiger partial charge on any atom is -0.466 e. The highest BCUT2D eigenvalue weighted by Crippen LogP contribution is 2.46. The molecule has 0 unspecified atom stereocenters. The number of likely N-dealkylation sites (tertiary alicyclic amines) is 2. The van der Waals surface area contributed by atoms with Crippen LogP contribution < -0.4 is 0 Å². The fourth-order valence-corrected chi connectivity index (χ4v) is 13.0. The molecular weight excluding hydrogens is 1120 g/mol. The van der Waals surface area contributed by atoms with Crippen LogP contribution in [0.15, 0.2) is 51.6 Å². The number of hydrogen-bond donors (Lipinski definition) is 0. The average molecular weight is 1180 g/mol. The number of esters is 1. The number of ether oxygens (including phenoxy) is 2. The molecule has 3 aromatic heterocycles. The number of carbonyl (C=O) groups excluding carboxylic acids is 3. The fraction of sp³-hybridized carbons (Fsp3) is 0.538. The van der Waals surface area contributed by atoms with E-state index in [-0.39, 0.29) is 86.8 Å². The van der Waals surface area contributed by atoms with Gasteiger partial charge < -0.3 is 19.3 Å². The van der Waals surface area contributed by atoms with Crippen LogP contribution >= 0.6 is 80.7 Å². The van der Waals surface area contributed by atoms with E-state index in [1.807, 2.05) is 79.3 Å². The van der Waals surface area contributed by atoms with E-state index in [9.17, 15) is 40.7 Å². The molecular formula is C52H61Cl2F6N5O5S5. The van der Waals surface area contributed by atoms with Gasteiger partial charge in [-0.25, -0.2) is 19.7 Å². The second-order valence-electron chi connectivity index (χ2n) is 21.2. The Hall–Kier alpha value is -3.60. The third-order valence-electron chi connectivity index (χ3n) is 12.0. The summed E-state index contributed by atoms with van der Waals surface area (Å²) in [5.41, 5.74) is -5.73. The molecule has 2 aliphatic rings. The third kappa shape index (κ3) is 18.0. The van der Waals surface area contributed by atoms with Crippen molar-refractivity contribution in [2.75, 3.05) is 32.8 Å². The summed E-state index contributed by atoms with van der Waals surface area (Å²) in [4.78, 5) is 54.6. The van der Waals surface area contributed by atoms with Crippen molar-refractivity contribution < 1.29 is 50.2 Å². The molecule has 410 valence electrons. The molecule has 0 atom stereocenters. The third-order valence-corrected chi connectivity index (χ3v) is 17.1. The summed E-state index contributed by atoms with van der Waals surface area (Å²) in [7, 11) is 0. The number of carbonyl (C=O) groups is 3. The van der Waals surface area contributed by atoms with Crippen molar-refractivity contribution in [1.82, 2.24) is 24.8 Å². The smallest absolute Gasteiger partial charge is 0.446 e. The molecule has 2 aromatic carbocycles. The second-order valence-corrected chi connectivity index (χ2v) is 27.7. The Bertz CT molecular complexity index is 2800. The van der Waals surface area contributed by atoms with Gasteiger partial charge in [0, 0.05) is 64.3 Å². The fourth-order valence-electron chi connectivity index (χ4n) is 8.19. The first-order chi connectivity index (χ1) is 34.7. The number of thioether (sulfide) groups is 2. The molecule has 5 aromatic rings. The summed E-state index contributed by atoms with van der Waals surface area (Å²) in [6.07, 6.45) is 2.80. The molecule has 5 heterocycles. The summed E-state index contributed by atoms with van der Waals surface area (Å²) >= 11 is 16.9. The summed E-state index contributed by atoms with van der Waals surface area (Å²) in [6.45, 7) is 21.5. The highest BCUT2D eigenvalue weighted by molar-refractivity contribution is 8.00. The van der Waals surface area contributed by atoms with Crippen molar-refractivity contribution in [3.8, 4) is 22.5 Å². The Kier molecular flexibility index (Phi) is 19.9. The molecule has 0 radical (unpaired) electrons. The van der Waals surface area contributed by atoms with Crippen LogP contribution in [0.2, 0.25) is 8.67 Å². The van der Waals surface area contributed by atoms with Gasteiger partial charge in [-0.15, -0.1) is 34.0 Å². The molecule has 0 N–H and O–H groups in total. The summed E-state index contributed by atoms with van der Waals surface area (Å²) in [6, 6.07) is 9.89. The molecule has 75 heavy (non-hydrogen) atoms. The molecule has 23 heteroatoms. The summed E-state index contributed by atoms with van der Waals surface area (Å²) < 4.78 is 90.2. The number of benzene rings is 2. The van der Waals surface area contributed by atoms with Crippen LogP contribution in [0, 0.1) is 0 Å². The van der Waals surface area contributed by atoms with Crippen LogP contribution in [0.5, 0.6) is 0 Å². The first-order valence-corrected chi connectivity index (χ1v) is 29.1. The lowest BCUT2D eigenvalue weighted by Crippen LogP contribution is -2.41. The number of nitrogens with zero attached hydrogens (tertiary/aromatic N) is 5. The number of halogens is 8. The van der Waals surface area contributed by atoms with Crippen LogP contribution in [0.4, 0.5) is 31.1 Å². The number of piperidine rings is 2. The zero-order valence-corrected chi connectivity index (χ0v) is 48.9. The van der Waals surface area contributed by atoms with Gasteiger partial charge in [0.1, 0.15) is 30.7 Å². The van der Waals surface area contributed by atoms with Crippen molar-refractivity contribution in [1.29, 1.82) is 0 Å². The molecule has 0 bridgehead atoms. The van der Waals surface area contributed by atoms with Crippen molar-refractivity contribution in [3.63, 3.8) is 0 Å². The van der Waals surface area contributed by atoms with Crippen LogP contribution in [-0.4, -0.2) is 92.1 Å². The Morgan fingerprint density at radius 3 is 1.49 bits per heavy atom. The highest BCUT2D eigenvalue weighted by Gasteiger charge is 2.34. The molecule has 0 saturated carbocycles. The Morgan fingerprint density at radius 1 is 0.653 bits per heavy atom. The van der Waals surface area contributed by atoms with Crippen molar-refractivity contribution in [2.45, 2.75) is 157 Å². The van der Waals surface area contributed by atoms with E-state index in [0.29, 0.717) is 87.5 Å². The number of rotatable bonds is 11. The zero-order valence-electron chi connectivity index (χ0n) is 43.3. The molecule has 2 amide bonds. The predicted molar refractivity (Wildman–Crippen MR) is 291 cm³/mol. The van der Waals surface area contributed by atoms with Gasteiger partial charge in [-0.05, 0) is 135 Å². The van der Waals surface area contributed by atoms with Crippen LogP contribution in [0.3, 0.4) is 0 Å². The Labute approximate surface area is 465 Å². The number of thiazole rings is 3. The maximum atomic E-state index is 13.2. The highest BCUT2D eigenvalue weighted by atomic mass is 35.5. The number of hydrogen-bond acceptors (Lipinski definition) is 13. The second kappa shape index (κ2) is 24.6. The number of aromatic nitrogens is 3. The molecule has 0 spiro atoms. The number of amides is 2. The quantitative estimate of drug-likeness (QED) is 0.0719. The molecule has 10 nitrogen and oxygen atoms in total. The van der Waals surface area contributed by atoms with Crippen molar-refractivity contribution in [2.24, 2.45) is 0 Å². The zero-order chi connectivity index (χ0) is 55.4. The van der Waals surface area contributed by atoms with Gasteiger partial charge in [0.25, 0.3) is 0 Å². The standard InChI is InChI=1S/C28H31ClF3N3O3S3.C24H30ClF3N2O2S2/c1-5-38-23(37)13-19-15-39-21(33-19)14-22(36)35-8-6-16(7-9-35)26-34-24(25(29)40-26)17-10-18(27(2,3)4)12-20(11-17)41-28(30,31)32;1-22(2,3)16-11-15(12-17(13-16)34-24(26,27)28)18-19(25)33-20(29-18)14-7-9-30(10-8-14)21(31)32-23(4,5)6/h10-12,15-16H,5-9,13-14H2,1-4H3;11-14H,7-10H2,1-6H3.